The minimum atomic E-state index is -0.168. The second-order valence-corrected chi connectivity index (χ2v) is 8.99. The van der Waals surface area contributed by atoms with E-state index in [1.165, 1.54) is 0 Å². The van der Waals surface area contributed by atoms with Gasteiger partial charge in [0.2, 0.25) is 0 Å². The number of hydrogen-bond acceptors (Lipinski definition) is 5. The molecule has 0 spiro atoms. The molecule has 2 aromatic heterocycles. The fourth-order valence-corrected chi connectivity index (χ4v) is 4.73. The van der Waals surface area contributed by atoms with Crippen LogP contribution in [0.3, 0.4) is 0 Å². The number of nitrogens with one attached hydrogen (secondary N) is 1. The number of nitrogens with zero attached hydrogens (tertiary/aromatic N) is 4. The van der Waals surface area contributed by atoms with Crippen molar-refractivity contribution < 1.29 is 9.53 Å². The molecule has 0 bridgehead atoms. The fraction of sp³-hybridized carbons (Fsp3) is 0.133. The Hall–Kier alpha value is -4.78. The summed E-state index contributed by atoms with van der Waals surface area (Å²) in [5, 5.41) is 7.93. The van der Waals surface area contributed by atoms with Gasteiger partial charge in [-0.25, -0.2) is 4.68 Å². The monoisotopic (exact) mass is 487 g/mol. The highest BCUT2D eigenvalue weighted by Gasteiger charge is 2.27. The highest BCUT2D eigenvalue weighted by Crippen LogP contribution is 2.32. The van der Waals surface area contributed by atoms with Gasteiger partial charge in [-0.15, -0.1) is 0 Å². The largest absolute Gasteiger partial charge is 0.488 e. The van der Waals surface area contributed by atoms with Crippen molar-refractivity contribution >= 4 is 5.91 Å². The van der Waals surface area contributed by atoms with Crippen LogP contribution in [0.1, 0.15) is 21.6 Å². The maximum Gasteiger partial charge on any atom is 0.255 e. The molecule has 0 aliphatic carbocycles. The zero-order valence-electron chi connectivity index (χ0n) is 20.3. The number of rotatable bonds is 6. The van der Waals surface area contributed by atoms with Crippen molar-refractivity contribution in [2.75, 3.05) is 6.54 Å². The Morgan fingerprint density at radius 2 is 1.78 bits per heavy atom. The number of fused-ring (bicyclic) bond motifs is 1. The molecule has 0 saturated carbocycles. The van der Waals surface area contributed by atoms with Gasteiger partial charge in [-0.2, -0.15) is 5.10 Å². The van der Waals surface area contributed by atoms with Gasteiger partial charge in [0.15, 0.2) is 0 Å². The van der Waals surface area contributed by atoms with Gasteiger partial charge in [0.05, 0.1) is 35.4 Å². The van der Waals surface area contributed by atoms with Gasteiger partial charge in [-0.1, -0.05) is 48.5 Å². The molecule has 182 valence electrons. The summed E-state index contributed by atoms with van der Waals surface area (Å²) in [4.78, 5) is 22.1. The van der Waals surface area contributed by atoms with Crippen molar-refractivity contribution in [3.63, 3.8) is 0 Å². The molecule has 37 heavy (non-hydrogen) atoms. The summed E-state index contributed by atoms with van der Waals surface area (Å²) in [5.74, 6) is 0.670. The molecule has 1 aliphatic rings. The molecule has 0 unspecified atom stereocenters. The predicted octanol–water partition coefficient (Wildman–Crippen LogP) is 5.04. The lowest BCUT2D eigenvalue weighted by Gasteiger charge is -2.12. The molecule has 0 radical (unpaired) electrons. The number of carbonyl (C=O) groups is 1. The number of carbonyl (C=O) groups excluding carboxylic acids is 1. The van der Waals surface area contributed by atoms with Crippen LogP contribution in [0.5, 0.6) is 5.75 Å². The van der Waals surface area contributed by atoms with Gasteiger partial charge in [0.1, 0.15) is 17.5 Å². The van der Waals surface area contributed by atoms with E-state index in [4.69, 9.17) is 9.84 Å². The average Bonchev–Trinajstić information content (AvgIpc) is 3.53. The molecule has 1 atom stereocenters. The lowest BCUT2D eigenvalue weighted by Crippen LogP contribution is -2.34. The molecule has 3 aromatic carbocycles. The summed E-state index contributed by atoms with van der Waals surface area (Å²) in [6.45, 7) is 2.31. The summed E-state index contributed by atoms with van der Waals surface area (Å²) < 4.78 is 7.96. The third-order valence-electron chi connectivity index (χ3n) is 6.54. The Labute approximate surface area is 214 Å². The van der Waals surface area contributed by atoms with Crippen molar-refractivity contribution in [2.45, 2.75) is 19.4 Å². The third kappa shape index (κ3) is 4.47. The molecule has 1 N–H and O–H groups in total. The average molecular weight is 488 g/mol. The minimum Gasteiger partial charge on any atom is -0.488 e. The Morgan fingerprint density at radius 1 is 1.00 bits per heavy atom. The van der Waals surface area contributed by atoms with Crippen LogP contribution in [0.4, 0.5) is 0 Å². The van der Waals surface area contributed by atoms with Crippen molar-refractivity contribution in [3.8, 4) is 34.0 Å². The first-order chi connectivity index (χ1) is 18.2. The van der Waals surface area contributed by atoms with Crippen molar-refractivity contribution in [2.24, 2.45) is 0 Å². The Bertz CT molecular complexity index is 1550. The van der Waals surface area contributed by atoms with E-state index in [1.807, 2.05) is 84.4 Å². The SMILES string of the molecule is Cc1c(C(=O)NC[C@@H]2Cc3cc(-c4cnccn4)ccc3O2)c(-c2ccccc2)nn1-c1ccccc1. The van der Waals surface area contributed by atoms with E-state index in [0.29, 0.717) is 24.2 Å². The maximum atomic E-state index is 13.5. The molecule has 7 heteroatoms. The summed E-state index contributed by atoms with van der Waals surface area (Å²) in [7, 11) is 0. The van der Waals surface area contributed by atoms with Gasteiger partial charge < -0.3 is 10.1 Å². The molecule has 0 fully saturated rings. The second kappa shape index (κ2) is 9.70. The summed E-state index contributed by atoms with van der Waals surface area (Å²) >= 11 is 0. The molecule has 6 rings (SSSR count). The topological polar surface area (TPSA) is 81.9 Å². The van der Waals surface area contributed by atoms with E-state index in [2.05, 4.69) is 21.4 Å². The molecule has 1 aliphatic heterocycles. The third-order valence-corrected chi connectivity index (χ3v) is 6.54. The quantitative estimate of drug-likeness (QED) is 0.363. The van der Waals surface area contributed by atoms with Gasteiger partial charge in [-0.3, -0.25) is 14.8 Å². The van der Waals surface area contributed by atoms with Gasteiger partial charge in [-0.05, 0) is 42.8 Å². The van der Waals surface area contributed by atoms with E-state index in [1.54, 1.807) is 18.6 Å². The summed E-state index contributed by atoms with van der Waals surface area (Å²) in [5.41, 5.74) is 6.72. The van der Waals surface area contributed by atoms with E-state index < -0.39 is 0 Å². The van der Waals surface area contributed by atoms with Crippen LogP contribution < -0.4 is 10.1 Å². The van der Waals surface area contributed by atoms with Gasteiger partial charge in [0.25, 0.3) is 5.91 Å². The first-order valence-electron chi connectivity index (χ1n) is 12.2. The van der Waals surface area contributed by atoms with Gasteiger partial charge in [0, 0.05) is 29.9 Å². The first kappa shape index (κ1) is 22.7. The molecule has 1 amide bonds. The molecular weight excluding hydrogens is 462 g/mol. The number of aromatic nitrogens is 4. The number of para-hydroxylation sites is 1. The number of hydrogen-bond donors (Lipinski definition) is 1. The Balaban J connectivity index is 1.22. The van der Waals surface area contributed by atoms with Crippen LogP contribution in [0.25, 0.3) is 28.2 Å². The molecule has 7 nitrogen and oxygen atoms in total. The van der Waals surface area contributed by atoms with Crippen LogP contribution in [0.15, 0.2) is 97.5 Å². The maximum absolute atomic E-state index is 13.5. The van der Waals surface area contributed by atoms with Crippen LogP contribution in [-0.2, 0) is 6.42 Å². The number of ether oxygens (including phenoxy) is 1. The van der Waals surface area contributed by atoms with Crippen LogP contribution in [0, 0.1) is 6.92 Å². The molecular formula is C30H25N5O2. The lowest BCUT2D eigenvalue weighted by molar-refractivity contribution is 0.0933. The number of amides is 1. The van der Waals surface area contributed by atoms with Crippen molar-refractivity contribution in [3.05, 3.63) is 114 Å². The van der Waals surface area contributed by atoms with Crippen molar-refractivity contribution in [1.82, 2.24) is 25.1 Å². The standard InChI is InChI=1S/C30H25N5O2/c1-20-28(29(21-8-4-2-5-9-21)34-35(20)24-10-6-3-7-11-24)30(36)33-18-25-17-23-16-22(12-13-27(23)37-25)26-19-31-14-15-32-26/h2-16,19,25H,17-18H2,1H3,(H,33,36)/t25-/m0/s1. The number of benzene rings is 3. The normalized spacial score (nSPS) is 14.1. The summed E-state index contributed by atoms with van der Waals surface area (Å²) in [6, 6.07) is 25.7. The highest BCUT2D eigenvalue weighted by atomic mass is 16.5. The predicted molar refractivity (Wildman–Crippen MR) is 142 cm³/mol. The first-order valence-corrected chi connectivity index (χ1v) is 12.2. The van der Waals surface area contributed by atoms with Crippen LogP contribution >= 0.6 is 0 Å². The minimum absolute atomic E-state index is 0.152. The van der Waals surface area contributed by atoms with Crippen molar-refractivity contribution in [1.29, 1.82) is 0 Å². The zero-order valence-corrected chi connectivity index (χ0v) is 20.3. The Morgan fingerprint density at radius 3 is 2.54 bits per heavy atom. The highest BCUT2D eigenvalue weighted by molar-refractivity contribution is 6.01. The summed E-state index contributed by atoms with van der Waals surface area (Å²) in [6.07, 6.45) is 5.64. The van der Waals surface area contributed by atoms with Gasteiger partial charge >= 0.3 is 0 Å². The van der Waals surface area contributed by atoms with Crippen LogP contribution in [0.2, 0.25) is 0 Å². The lowest BCUT2D eigenvalue weighted by atomic mass is 10.0. The van der Waals surface area contributed by atoms with E-state index in [9.17, 15) is 4.79 Å². The second-order valence-electron chi connectivity index (χ2n) is 8.99. The van der Waals surface area contributed by atoms with E-state index in [0.717, 1.165) is 39.5 Å². The fourth-order valence-electron chi connectivity index (χ4n) is 4.73. The molecule has 5 aromatic rings. The molecule has 0 saturated heterocycles. The van der Waals surface area contributed by atoms with E-state index in [-0.39, 0.29) is 12.0 Å². The Kier molecular flexibility index (Phi) is 5.94. The zero-order chi connectivity index (χ0) is 25.2. The van der Waals surface area contributed by atoms with Crippen LogP contribution in [-0.4, -0.2) is 38.3 Å². The van der Waals surface area contributed by atoms with E-state index >= 15 is 0 Å². The smallest absolute Gasteiger partial charge is 0.255 e. The molecule has 3 heterocycles.